The van der Waals surface area contributed by atoms with Gasteiger partial charge < -0.3 is 10.2 Å². The maximum absolute atomic E-state index is 12.8. The summed E-state index contributed by atoms with van der Waals surface area (Å²) in [5.74, 6) is -0.317. The van der Waals surface area contributed by atoms with Crippen LogP contribution in [0.1, 0.15) is 46.8 Å². The zero-order valence-electron chi connectivity index (χ0n) is 17.6. The van der Waals surface area contributed by atoms with Crippen LogP contribution >= 0.6 is 11.6 Å². The van der Waals surface area contributed by atoms with Crippen molar-refractivity contribution in [2.75, 3.05) is 38.1 Å². The van der Waals surface area contributed by atoms with Gasteiger partial charge in [-0.15, -0.1) is 0 Å². The molecule has 1 saturated heterocycles. The van der Waals surface area contributed by atoms with Crippen LogP contribution in [0.5, 0.6) is 0 Å². The van der Waals surface area contributed by atoms with E-state index in [1.165, 1.54) is 41.4 Å². The van der Waals surface area contributed by atoms with Crippen LogP contribution in [0, 0.1) is 10.1 Å². The summed E-state index contributed by atoms with van der Waals surface area (Å²) < 4.78 is 0. The Morgan fingerprint density at radius 2 is 1.94 bits per heavy atom. The highest BCUT2D eigenvalue weighted by Gasteiger charge is 2.26. The second kappa shape index (κ2) is 9.24. The fraction of sp³-hybridized carbons (Fsp3) is 0.435. The van der Waals surface area contributed by atoms with E-state index in [1.54, 1.807) is 0 Å². The van der Waals surface area contributed by atoms with Crippen LogP contribution in [0.15, 0.2) is 36.4 Å². The Labute approximate surface area is 187 Å². The number of anilines is 1. The largest absolute Gasteiger partial charge is 0.374 e. The molecule has 0 spiro atoms. The number of amides is 1. The molecule has 0 bridgehead atoms. The minimum Gasteiger partial charge on any atom is -0.374 e. The normalized spacial score (nSPS) is 17.3. The second-order valence-electron chi connectivity index (χ2n) is 8.30. The number of hydrogen-bond donors (Lipinski definition) is 1. The van der Waals surface area contributed by atoms with E-state index in [-0.39, 0.29) is 28.2 Å². The summed E-state index contributed by atoms with van der Waals surface area (Å²) >= 11 is 6.15. The highest BCUT2D eigenvalue weighted by molar-refractivity contribution is 6.34. The van der Waals surface area contributed by atoms with Crippen molar-refractivity contribution in [3.63, 3.8) is 0 Å². The number of likely N-dealkylation sites (tertiary alicyclic amines) is 1. The number of fused-ring (bicyclic) bond motifs is 1. The number of rotatable bonds is 6. The third-order valence-corrected chi connectivity index (χ3v) is 6.62. The van der Waals surface area contributed by atoms with Crippen LogP contribution in [-0.2, 0) is 6.42 Å². The van der Waals surface area contributed by atoms with Gasteiger partial charge in [0.1, 0.15) is 0 Å². The maximum Gasteiger partial charge on any atom is 0.270 e. The third kappa shape index (κ3) is 4.67. The Morgan fingerprint density at radius 1 is 1.16 bits per heavy atom. The number of nitrogens with one attached hydrogen (secondary N) is 1. The average Bonchev–Trinajstić information content (AvgIpc) is 3.14. The molecule has 2 aliphatic heterocycles. The number of carbonyl (C=O) groups excluding carboxylic acids is 1. The van der Waals surface area contributed by atoms with Gasteiger partial charge in [-0.25, -0.2) is 0 Å². The van der Waals surface area contributed by atoms with Crippen LogP contribution in [0.2, 0.25) is 5.02 Å². The first-order valence-electron chi connectivity index (χ1n) is 10.7. The molecule has 31 heavy (non-hydrogen) atoms. The molecule has 1 N–H and O–H groups in total. The van der Waals surface area contributed by atoms with Gasteiger partial charge in [0.25, 0.3) is 11.6 Å². The molecular formula is C23H27ClN4O3. The highest BCUT2D eigenvalue weighted by atomic mass is 35.5. The molecule has 4 rings (SSSR count). The first kappa shape index (κ1) is 21.6. The van der Waals surface area contributed by atoms with Gasteiger partial charge in [-0.3, -0.25) is 19.8 Å². The number of nitrogens with zero attached hydrogens (tertiary/aromatic N) is 3. The number of nitro benzene ring substituents is 1. The minimum absolute atomic E-state index is 0.0808. The van der Waals surface area contributed by atoms with Crippen molar-refractivity contribution >= 4 is 28.9 Å². The SMILES string of the molecule is CN1CCc2cc([C@H](CNC(=O)c3ccc([N+](=O)[O-])cc3Cl)N3CCCCC3)ccc21. The fourth-order valence-corrected chi connectivity index (χ4v) is 4.83. The van der Waals surface area contributed by atoms with Crippen molar-refractivity contribution in [1.29, 1.82) is 0 Å². The van der Waals surface area contributed by atoms with Gasteiger partial charge in [0, 0.05) is 38.0 Å². The number of carbonyl (C=O) groups is 1. The first-order valence-corrected chi connectivity index (χ1v) is 11.1. The molecule has 1 atom stereocenters. The molecule has 1 fully saturated rings. The molecule has 0 radical (unpaired) electrons. The zero-order chi connectivity index (χ0) is 22.0. The van der Waals surface area contributed by atoms with Gasteiger partial charge in [-0.1, -0.05) is 30.2 Å². The average molecular weight is 443 g/mol. The molecule has 8 heteroatoms. The smallest absolute Gasteiger partial charge is 0.270 e. The van der Waals surface area contributed by atoms with Crippen LogP contribution in [0.4, 0.5) is 11.4 Å². The van der Waals surface area contributed by atoms with E-state index in [0.29, 0.717) is 6.54 Å². The molecule has 1 amide bonds. The number of halogens is 1. The summed E-state index contributed by atoms with van der Waals surface area (Å²) in [6, 6.07) is 10.7. The van der Waals surface area contributed by atoms with E-state index in [2.05, 4.69) is 40.4 Å². The summed E-state index contributed by atoms with van der Waals surface area (Å²) in [4.78, 5) is 27.9. The molecule has 7 nitrogen and oxygen atoms in total. The number of likely N-dealkylation sites (N-methyl/N-ethyl adjacent to an activating group) is 1. The fourth-order valence-electron chi connectivity index (χ4n) is 4.57. The Morgan fingerprint density at radius 3 is 2.65 bits per heavy atom. The van der Waals surface area contributed by atoms with E-state index in [4.69, 9.17) is 11.6 Å². The Bertz CT molecular complexity index is 991. The lowest BCUT2D eigenvalue weighted by molar-refractivity contribution is -0.384. The van der Waals surface area contributed by atoms with E-state index < -0.39 is 4.92 Å². The Balaban J connectivity index is 1.53. The molecule has 0 aliphatic carbocycles. The van der Waals surface area contributed by atoms with Crippen LogP contribution in [0.25, 0.3) is 0 Å². The van der Waals surface area contributed by atoms with Gasteiger partial charge in [-0.2, -0.15) is 0 Å². The van der Waals surface area contributed by atoms with Crippen LogP contribution in [0.3, 0.4) is 0 Å². The van der Waals surface area contributed by atoms with Crippen molar-refractivity contribution in [1.82, 2.24) is 10.2 Å². The quantitative estimate of drug-likeness (QED) is 0.535. The number of benzene rings is 2. The monoisotopic (exact) mass is 442 g/mol. The van der Waals surface area contributed by atoms with Crippen LogP contribution < -0.4 is 10.2 Å². The van der Waals surface area contributed by atoms with Gasteiger partial charge in [0.15, 0.2) is 0 Å². The molecule has 0 unspecified atom stereocenters. The van der Waals surface area contributed by atoms with E-state index in [9.17, 15) is 14.9 Å². The maximum atomic E-state index is 12.8. The number of hydrogen-bond acceptors (Lipinski definition) is 5. The predicted molar refractivity (Wildman–Crippen MR) is 122 cm³/mol. The number of nitro groups is 1. The van der Waals surface area contributed by atoms with Crippen LogP contribution in [-0.4, -0.2) is 49.0 Å². The summed E-state index contributed by atoms with van der Waals surface area (Å²) in [7, 11) is 2.11. The van der Waals surface area contributed by atoms with E-state index in [1.807, 2.05) is 0 Å². The minimum atomic E-state index is -0.523. The zero-order valence-corrected chi connectivity index (χ0v) is 18.4. The van der Waals surface area contributed by atoms with E-state index in [0.717, 1.165) is 38.9 Å². The summed E-state index contributed by atoms with van der Waals surface area (Å²) in [6.07, 6.45) is 4.60. The highest BCUT2D eigenvalue weighted by Crippen LogP contribution is 2.32. The summed E-state index contributed by atoms with van der Waals surface area (Å²) in [5.41, 5.74) is 3.97. The molecular weight excluding hydrogens is 416 g/mol. The molecule has 2 heterocycles. The van der Waals surface area contributed by atoms with Crippen molar-refractivity contribution in [2.24, 2.45) is 0 Å². The number of piperidine rings is 1. The summed E-state index contributed by atoms with van der Waals surface area (Å²) in [5, 5.41) is 14.0. The van der Waals surface area contributed by atoms with Gasteiger partial charge in [0.05, 0.1) is 21.6 Å². The topological polar surface area (TPSA) is 78.7 Å². The first-order chi connectivity index (χ1) is 14.9. The van der Waals surface area contributed by atoms with Crippen molar-refractivity contribution in [3.8, 4) is 0 Å². The lowest BCUT2D eigenvalue weighted by atomic mass is 9.98. The lowest BCUT2D eigenvalue weighted by Crippen LogP contribution is -2.40. The van der Waals surface area contributed by atoms with Crippen molar-refractivity contribution < 1.29 is 9.72 Å². The lowest BCUT2D eigenvalue weighted by Gasteiger charge is -2.35. The molecule has 164 valence electrons. The molecule has 2 aliphatic rings. The molecule has 2 aromatic carbocycles. The summed E-state index contributed by atoms with van der Waals surface area (Å²) in [6.45, 7) is 3.51. The number of non-ortho nitro benzene ring substituents is 1. The van der Waals surface area contributed by atoms with Crippen molar-refractivity contribution in [2.45, 2.75) is 31.7 Å². The standard InChI is InChI=1S/C23H27ClN4O3/c1-26-12-9-17-13-16(5-8-21(17)26)22(27-10-3-2-4-11-27)15-25-23(29)19-7-6-18(28(30)31)14-20(19)24/h5-8,13-14,22H,2-4,9-12,15H2,1H3,(H,25,29)/t22-/m0/s1. The predicted octanol–water partition coefficient (Wildman–Crippen LogP) is 4.20. The van der Waals surface area contributed by atoms with Gasteiger partial charge in [-0.05, 0) is 55.6 Å². The van der Waals surface area contributed by atoms with Gasteiger partial charge in [0.2, 0.25) is 0 Å². The van der Waals surface area contributed by atoms with Crippen molar-refractivity contribution in [3.05, 3.63) is 68.2 Å². The third-order valence-electron chi connectivity index (χ3n) is 6.31. The molecule has 0 aromatic heterocycles. The Hall–Kier alpha value is -2.64. The van der Waals surface area contributed by atoms with E-state index >= 15 is 0 Å². The molecule has 0 saturated carbocycles. The van der Waals surface area contributed by atoms with Gasteiger partial charge >= 0.3 is 0 Å². The second-order valence-corrected chi connectivity index (χ2v) is 8.71. The molecule has 2 aromatic rings. The Kier molecular flexibility index (Phi) is 6.43.